The molecule has 1 aliphatic rings. The predicted molar refractivity (Wildman–Crippen MR) is 109 cm³/mol. The Morgan fingerprint density at radius 1 is 1.17 bits per heavy atom. The second kappa shape index (κ2) is 7.56. The highest BCUT2D eigenvalue weighted by molar-refractivity contribution is 6.33. The number of nitrogens with zero attached hydrogens (tertiary/aromatic N) is 2. The van der Waals surface area contributed by atoms with Crippen molar-refractivity contribution in [1.82, 2.24) is 5.43 Å². The van der Waals surface area contributed by atoms with E-state index in [0.29, 0.717) is 5.69 Å². The number of amides is 2. The molecule has 2 amide bonds. The number of carbonyl (C=O) groups excluding carboxylic acids is 2. The van der Waals surface area contributed by atoms with Crippen LogP contribution >= 0.6 is 11.6 Å². The highest BCUT2D eigenvalue weighted by Crippen LogP contribution is 2.39. The molecule has 1 N–H and O–H groups in total. The summed E-state index contributed by atoms with van der Waals surface area (Å²) >= 11 is 6.21. The second-order valence-corrected chi connectivity index (χ2v) is 7.70. The predicted octanol–water partition coefficient (Wildman–Crippen LogP) is 3.89. The molecule has 0 spiro atoms. The van der Waals surface area contributed by atoms with Crippen LogP contribution in [0.2, 0.25) is 5.02 Å². The first kappa shape index (κ1) is 20.3. The maximum Gasteiger partial charge on any atom is 0.313 e. The standard InChI is InChI=1S/C20H18ClN3O5/c1-20(2,3)29-17-15(21)10-12(11-16(17)24(27)28)9-14-18(25)22-23(19(14)26)13-7-5-4-6-8-13/h4-11H,1-3H3,(H,22,25)/b14-9-. The molecule has 0 atom stereocenters. The number of hydrogen-bond donors (Lipinski definition) is 1. The van der Waals surface area contributed by atoms with E-state index in [1.165, 1.54) is 18.2 Å². The van der Waals surface area contributed by atoms with Gasteiger partial charge >= 0.3 is 5.69 Å². The van der Waals surface area contributed by atoms with Gasteiger partial charge in [-0.2, -0.15) is 0 Å². The lowest BCUT2D eigenvalue weighted by Gasteiger charge is -2.22. The Balaban J connectivity index is 2.01. The fourth-order valence-corrected chi connectivity index (χ4v) is 2.97. The van der Waals surface area contributed by atoms with Crippen LogP contribution in [0.25, 0.3) is 6.08 Å². The zero-order valence-electron chi connectivity index (χ0n) is 15.9. The van der Waals surface area contributed by atoms with Gasteiger partial charge in [0.05, 0.1) is 15.6 Å². The molecule has 0 aromatic heterocycles. The summed E-state index contributed by atoms with van der Waals surface area (Å²) in [6.45, 7) is 5.22. The summed E-state index contributed by atoms with van der Waals surface area (Å²) in [4.78, 5) is 35.8. The molecule has 0 unspecified atom stereocenters. The zero-order chi connectivity index (χ0) is 21.3. The molecular formula is C20H18ClN3O5. The lowest BCUT2D eigenvalue weighted by molar-refractivity contribution is -0.386. The van der Waals surface area contributed by atoms with Crippen molar-refractivity contribution in [3.05, 3.63) is 68.7 Å². The van der Waals surface area contributed by atoms with Crippen LogP contribution in [0.5, 0.6) is 5.75 Å². The average Bonchev–Trinajstić information content (AvgIpc) is 2.91. The van der Waals surface area contributed by atoms with Gasteiger partial charge in [-0.15, -0.1) is 0 Å². The molecule has 29 heavy (non-hydrogen) atoms. The maximum atomic E-state index is 12.7. The number of hydrazine groups is 1. The number of benzene rings is 2. The van der Waals surface area contributed by atoms with Crippen molar-refractivity contribution in [2.75, 3.05) is 5.01 Å². The van der Waals surface area contributed by atoms with Crippen molar-refractivity contribution in [2.24, 2.45) is 0 Å². The number of nitro groups is 1. The molecule has 0 saturated carbocycles. The first-order valence-electron chi connectivity index (χ1n) is 8.66. The number of halogens is 1. The van der Waals surface area contributed by atoms with Crippen molar-refractivity contribution in [1.29, 1.82) is 0 Å². The second-order valence-electron chi connectivity index (χ2n) is 7.30. The van der Waals surface area contributed by atoms with E-state index in [4.69, 9.17) is 16.3 Å². The quantitative estimate of drug-likeness (QED) is 0.353. The van der Waals surface area contributed by atoms with Crippen molar-refractivity contribution in [3.8, 4) is 5.75 Å². The zero-order valence-corrected chi connectivity index (χ0v) is 16.7. The fourth-order valence-electron chi connectivity index (χ4n) is 2.71. The number of anilines is 1. The first-order chi connectivity index (χ1) is 13.6. The van der Waals surface area contributed by atoms with Gasteiger partial charge in [0, 0.05) is 6.07 Å². The Morgan fingerprint density at radius 3 is 2.41 bits per heavy atom. The molecule has 2 aromatic rings. The molecule has 1 fully saturated rings. The lowest BCUT2D eigenvalue weighted by Crippen LogP contribution is -2.35. The summed E-state index contributed by atoms with van der Waals surface area (Å²) in [5, 5.41) is 12.6. The highest BCUT2D eigenvalue weighted by Gasteiger charge is 2.34. The topological polar surface area (TPSA) is 102 Å². The molecule has 0 radical (unpaired) electrons. The lowest BCUT2D eigenvalue weighted by atomic mass is 10.1. The maximum absolute atomic E-state index is 12.7. The first-order valence-corrected chi connectivity index (χ1v) is 9.04. The molecule has 8 nitrogen and oxygen atoms in total. The van der Waals surface area contributed by atoms with E-state index in [1.54, 1.807) is 51.1 Å². The molecule has 1 heterocycles. The van der Waals surface area contributed by atoms with Crippen LogP contribution in [0.1, 0.15) is 26.3 Å². The molecule has 0 bridgehead atoms. The van der Waals surface area contributed by atoms with Crippen LogP contribution in [0.4, 0.5) is 11.4 Å². The Morgan fingerprint density at radius 2 is 1.83 bits per heavy atom. The van der Waals surface area contributed by atoms with Gasteiger partial charge in [0.15, 0.2) is 0 Å². The van der Waals surface area contributed by atoms with E-state index in [-0.39, 0.29) is 27.6 Å². The minimum Gasteiger partial charge on any atom is -0.480 e. The number of carbonyl (C=O) groups is 2. The summed E-state index contributed by atoms with van der Waals surface area (Å²) in [6.07, 6.45) is 1.26. The van der Waals surface area contributed by atoms with Gasteiger partial charge in [-0.05, 0) is 50.6 Å². The van der Waals surface area contributed by atoms with Crippen LogP contribution in [-0.4, -0.2) is 22.3 Å². The third-order valence-electron chi connectivity index (χ3n) is 3.87. The molecule has 9 heteroatoms. The number of rotatable bonds is 4. The number of ether oxygens (including phenoxy) is 1. The largest absolute Gasteiger partial charge is 0.480 e. The van der Waals surface area contributed by atoms with E-state index < -0.39 is 22.3 Å². The minimum absolute atomic E-state index is 0.00624. The van der Waals surface area contributed by atoms with Gasteiger partial charge in [-0.25, -0.2) is 5.01 Å². The summed E-state index contributed by atoms with van der Waals surface area (Å²) < 4.78 is 5.62. The normalized spacial score (nSPS) is 15.6. The SMILES string of the molecule is CC(C)(C)Oc1c(Cl)cc(/C=C2/C(=O)NN(c3ccccc3)C2=O)cc1[N+](=O)[O-]. The monoisotopic (exact) mass is 415 g/mol. The van der Waals surface area contributed by atoms with Crippen molar-refractivity contribution in [3.63, 3.8) is 0 Å². The molecule has 150 valence electrons. The van der Waals surface area contributed by atoms with Gasteiger partial charge in [0.1, 0.15) is 11.2 Å². The van der Waals surface area contributed by atoms with Crippen molar-refractivity contribution >= 4 is 40.9 Å². The third-order valence-corrected chi connectivity index (χ3v) is 4.15. The molecule has 1 saturated heterocycles. The highest BCUT2D eigenvalue weighted by atomic mass is 35.5. The van der Waals surface area contributed by atoms with E-state index in [9.17, 15) is 19.7 Å². The Hall–Kier alpha value is -3.39. The molecule has 1 aliphatic heterocycles. The Kier molecular flexibility index (Phi) is 5.30. The average molecular weight is 416 g/mol. The summed E-state index contributed by atoms with van der Waals surface area (Å²) in [5.41, 5.74) is 1.97. The van der Waals surface area contributed by atoms with Crippen LogP contribution < -0.4 is 15.2 Å². The van der Waals surface area contributed by atoms with E-state index in [0.717, 1.165) is 5.01 Å². The van der Waals surface area contributed by atoms with Gasteiger partial charge in [-0.3, -0.25) is 25.1 Å². The van der Waals surface area contributed by atoms with Gasteiger partial charge in [0.25, 0.3) is 11.8 Å². The summed E-state index contributed by atoms with van der Waals surface area (Å²) in [6, 6.07) is 11.2. The molecule has 2 aromatic carbocycles. The van der Waals surface area contributed by atoms with Gasteiger partial charge < -0.3 is 4.74 Å². The van der Waals surface area contributed by atoms with Crippen LogP contribution in [0.3, 0.4) is 0 Å². The molecular weight excluding hydrogens is 398 g/mol. The van der Waals surface area contributed by atoms with Crippen LogP contribution in [0, 0.1) is 10.1 Å². The third kappa shape index (κ3) is 4.38. The van der Waals surface area contributed by atoms with Crippen molar-refractivity contribution in [2.45, 2.75) is 26.4 Å². The molecule has 0 aliphatic carbocycles. The Labute approximate surface area is 171 Å². The smallest absolute Gasteiger partial charge is 0.313 e. The van der Waals surface area contributed by atoms with E-state index in [2.05, 4.69) is 5.43 Å². The summed E-state index contributed by atoms with van der Waals surface area (Å²) in [5.74, 6) is -1.26. The van der Waals surface area contributed by atoms with Crippen LogP contribution in [-0.2, 0) is 9.59 Å². The van der Waals surface area contributed by atoms with E-state index in [1.807, 2.05) is 0 Å². The van der Waals surface area contributed by atoms with E-state index >= 15 is 0 Å². The van der Waals surface area contributed by atoms with Gasteiger partial charge in [0.2, 0.25) is 5.75 Å². The number of para-hydroxylation sites is 1. The van der Waals surface area contributed by atoms with Crippen molar-refractivity contribution < 1.29 is 19.2 Å². The van der Waals surface area contributed by atoms with Crippen LogP contribution in [0.15, 0.2) is 48.0 Å². The number of nitrogens with one attached hydrogen (secondary N) is 1. The summed E-state index contributed by atoms with van der Waals surface area (Å²) in [7, 11) is 0. The minimum atomic E-state index is -0.703. The fraction of sp³-hybridized carbons (Fsp3) is 0.200. The van der Waals surface area contributed by atoms with Gasteiger partial charge in [-0.1, -0.05) is 29.8 Å². The number of hydrogen-bond acceptors (Lipinski definition) is 5. The molecule has 3 rings (SSSR count). The Bertz CT molecular complexity index is 1030. The number of nitro benzene ring substituents is 1.